The first kappa shape index (κ1) is 21.2. The van der Waals surface area contributed by atoms with Crippen molar-refractivity contribution in [2.75, 3.05) is 13.2 Å². The van der Waals surface area contributed by atoms with Gasteiger partial charge in [-0.1, -0.05) is 59.8 Å². The average Bonchev–Trinajstić information content (AvgIpc) is 2.87. The van der Waals surface area contributed by atoms with Crippen molar-refractivity contribution in [2.45, 2.75) is 38.5 Å². The van der Waals surface area contributed by atoms with Crippen LogP contribution in [0.5, 0.6) is 0 Å². The van der Waals surface area contributed by atoms with Crippen LogP contribution < -0.4 is 0 Å². The predicted molar refractivity (Wildman–Crippen MR) is 115 cm³/mol. The molecule has 152 valence electrons. The molecule has 0 heterocycles. The zero-order chi connectivity index (χ0) is 20.9. The molecule has 3 rings (SSSR count). The second-order valence-corrected chi connectivity index (χ2v) is 8.16. The third kappa shape index (κ3) is 4.56. The summed E-state index contributed by atoms with van der Waals surface area (Å²) in [5.74, 6) is -1.04. The van der Waals surface area contributed by atoms with Crippen molar-refractivity contribution in [3.05, 3.63) is 71.3 Å². The Hall–Kier alpha value is -2.53. The van der Waals surface area contributed by atoms with E-state index in [1.807, 2.05) is 43.3 Å². The fourth-order valence-electron chi connectivity index (χ4n) is 3.49. The van der Waals surface area contributed by atoms with Crippen molar-refractivity contribution in [3.8, 4) is 0 Å². The molecule has 0 radical (unpaired) electrons. The van der Waals surface area contributed by atoms with Gasteiger partial charge in [0.05, 0.1) is 13.2 Å². The SMILES string of the molecule is CCOC(=O)C1(C(=O)OCC)CC=C(Sc2ccccc2)c2cc(C)ccc2C1. The Morgan fingerprint density at radius 3 is 2.28 bits per heavy atom. The van der Waals surface area contributed by atoms with Crippen molar-refractivity contribution in [1.29, 1.82) is 0 Å². The first-order valence-corrected chi connectivity index (χ1v) is 10.7. The summed E-state index contributed by atoms with van der Waals surface area (Å²) < 4.78 is 10.6. The lowest BCUT2D eigenvalue weighted by Gasteiger charge is -2.27. The Morgan fingerprint density at radius 1 is 1.00 bits per heavy atom. The minimum absolute atomic E-state index is 0.218. The Labute approximate surface area is 176 Å². The molecule has 2 aromatic carbocycles. The number of aryl methyl sites for hydroxylation is 1. The highest BCUT2D eigenvalue weighted by atomic mass is 32.2. The zero-order valence-corrected chi connectivity index (χ0v) is 17.9. The lowest BCUT2D eigenvalue weighted by molar-refractivity contribution is -0.171. The lowest BCUT2D eigenvalue weighted by atomic mass is 9.79. The summed E-state index contributed by atoms with van der Waals surface area (Å²) in [4.78, 5) is 28.1. The van der Waals surface area contributed by atoms with Gasteiger partial charge in [0.2, 0.25) is 0 Å². The summed E-state index contributed by atoms with van der Waals surface area (Å²) in [5.41, 5.74) is 1.76. The van der Waals surface area contributed by atoms with E-state index in [4.69, 9.17) is 9.47 Å². The normalized spacial score (nSPS) is 14.9. The van der Waals surface area contributed by atoms with Crippen LogP contribution in [0.15, 0.2) is 59.5 Å². The van der Waals surface area contributed by atoms with Gasteiger partial charge in [-0.2, -0.15) is 0 Å². The molecule has 0 amide bonds. The van der Waals surface area contributed by atoms with Gasteiger partial charge in [-0.15, -0.1) is 0 Å². The zero-order valence-electron chi connectivity index (χ0n) is 17.1. The van der Waals surface area contributed by atoms with Crippen LogP contribution in [0.1, 0.15) is 37.0 Å². The molecule has 0 unspecified atom stereocenters. The molecular formula is C24H26O4S. The molecule has 0 N–H and O–H groups in total. The molecule has 5 heteroatoms. The molecule has 1 aliphatic rings. The average molecular weight is 411 g/mol. The quantitative estimate of drug-likeness (QED) is 0.485. The number of carbonyl (C=O) groups is 2. The van der Waals surface area contributed by atoms with E-state index in [1.54, 1.807) is 25.6 Å². The smallest absolute Gasteiger partial charge is 0.324 e. The molecular weight excluding hydrogens is 384 g/mol. The number of carbonyl (C=O) groups excluding carboxylic acids is 2. The van der Waals surface area contributed by atoms with E-state index in [2.05, 4.69) is 18.2 Å². The molecule has 0 saturated heterocycles. The second-order valence-electron chi connectivity index (χ2n) is 7.05. The van der Waals surface area contributed by atoms with Crippen molar-refractivity contribution >= 4 is 28.6 Å². The number of hydrogen-bond donors (Lipinski definition) is 0. The molecule has 1 aliphatic carbocycles. The fraction of sp³-hybridized carbons (Fsp3) is 0.333. The van der Waals surface area contributed by atoms with Crippen LogP contribution in [0.4, 0.5) is 0 Å². The summed E-state index contributed by atoms with van der Waals surface area (Å²) in [7, 11) is 0. The van der Waals surface area contributed by atoms with Gasteiger partial charge in [-0.05, 0) is 50.5 Å². The molecule has 0 aromatic heterocycles. The number of rotatable bonds is 6. The monoisotopic (exact) mass is 410 g/mol. The Balaban J connectivity index is 2.10. The second kappa shape index (κ2) is 9.31. The minimum Gasteiger partial charge on any atom is -0.465 e. The van der Waals surface area contributed by atoms with Gasteiger partial charge in [0.15, 0.2) is 5.41 Å². The first-order chi connectivity index (χ1) is 14.0. The molecule has 0 spiro atoms. The maximum Gasteiger partial charge on any atom is 0.324 e. The Morgan fingerprint density at radius 2 is 1.66 bits per heavy atom. The van der Waals surface area contributed by atoms with Crippen LogP contribution in [0.2, 0.25) is 0 Å². The molecule has 29 heavy (non-hydrogen) atoms. The van der Waals surface area contributed by atoms with E-state index in [9.17, 15) is 9.59 Å². The highest BCUT2D eigenvalue weighted by Crippen LogP contribution is 2.44. The van der Waals surface area contributed by atoms with Crippen LogP contribution in [0.25, 0.3) is 4.91 Å². The van der Waals surface area contributed by atoms with E-state index in [1.165, 1.54) is 0 Å². The molecule has 4 nitrogen and oxygen atoms in total. The molecule has 0 fully saturated rings. The molecule has 0 bridgehead atoms. The number of benzene rings is 2. The van der Waals surface area contributed by atoms with Crippen LogP contribution in [-0.4, -0.2) is 25.2 Å². The fourth-order valence-corrected chi connectivity index (χ4v) is 4.51. The number of fused-ring (bicyclic) bond motifs is 1. The van der Waals surface area contributed by atoms with Gasteiger partial charge >= 0.3 is 11.9 Å². The van der Waals surface area contributed by atoms with Crippen LogP contribution in [0.3, 0.4) is 0 Å². The van der Waals surface area contributed by atoms with Crippen LogP contribution in [-0.2, 0) is 25.5 Å². The standard InChI is InChI=1S/C24H26O4S/c1-4-27-22(25)24(23(26)28-5-2)14-13-21(29-19-9-7-6-8-10-19)20-15-17(3)11-12-18(20)16-24/h6-13,15H,4-5,14,16H2,1-3H3. The van der Waals surface area contributed by atoms with E-state index in [0.29, 0.717) is 0 Å². The van der Waals surface area contributed by atoms with E-state index >= 15 is 0 Å². The van der Waals surface area contributed by atoms with Gasteiger partial charge < -0.3 is 9.47 Å². The topological polar surface area (TPSA) is 52.6 Å². The lowest BCUT2D eigenvalue weighted by Crippen LogP contribution is -2.43. The largest absolute Gasteiger partial charge is 0.465 e. The first-order valence-electron chi connectivity index (χ1n) is 9.87. The van der Waals surface area contributed by atoms with Crippen LogP contribution >= 0.6 is 11.8 Å². The number of esters is 2. The van der Waals surface area contributed by atoms with E-state index in [0.717, 1.165) is 26.5 Å². The highest BCUT2D eigenvalue weighted by molar-refractivity contribution is 8.08. The van der Waals surface area contributed by atoms with E-state index < -0.39 is 17.4 Å². The molecule has 0 saturated carbocycles. The third-order valence-corrected chi connectivity index (χ3v) is 6.08. The number of ether oxygens (including phenoxy) is 2. The van der Waals surface area contributed by atoms with Gasteiger partial charge in [0.25, 0.3) is 0 Å². The summed E-state index contributed by atoms with van der Waals surface area (Å²) >= 11 is 1.64. The maximum atomic E-state index is 13.0. The van der Waals surface area contributed by atoms with Crippen LogP contribution in [0, 0.1) is 12.3 Å². The minimum atomic E-state index is -1.37. The van der Waals surface area contributed by atoms with Gasteiger partial charge in [-0.3, -0.25) is 9.59 Å². The maximum absolute atomic E-state index is 13.0. The van der Waals surface area contributed by atoms with E-state index in [-0.39, 0.29) is 26.1 Å². The summed E-state index contributed by atoms with van der Waals surface area (Å²) in [6, 6.07) is 16.2. The summed E-state index contributed by atoms with van der Waals surface area (Å²) in [6.45, 7) is 5.97. The third-order valence-electron chi connectivity index (χ3n) is 4.96. The summed E-state index contributed by atoms with van der Waals surface area (Å²) in [6.07, 6.45) is 2.49. The highest BCUT2D eigenvalue weighted by Gasteiger charge is 2.49. The van der Waals surface area contributed by atoms with Gasteiger partial charge in [0, 0.05) is 16.2 Å². The van der Waals surface area contributed by atoms with Gasteiger partial charge in [-0.25, -0.2) is 0 Å². The number of thioether (sulfide) groups is 1. The van der Waals surface area contributed by atoms with Crippen molar-refractivity contribution in [2.24, 2.45) is 5.41 Å². The molecule has 0 aliphatic heterocycles. The molecule has 0 atom stereocenters. The number of allylic oxidation sites excluding steroid dienone is 1. The molecule has 2 aromatic rings. The van der Waals surface area contributed by atoms with Crippen molar-refractivity contribution in [1.82, 2.24) is 0 Å². The van der Waals surface area contributed by atoms with Crippen molar-refractivity contribution in [3.63, 3.8) is 0 Å². The summed E-state index contributed by atoms with van der Waals surface area (Å²) in [5, 5.41) is 0. The predicted octanol–water partition coefficient (Wildman–Crippen LogP) is 5.19. The Bertz CT molecular complexity index is 900. The number of hydrogen-bond acceptors (Lipinski definition) is 5. The van der Waals surface area contributed by atoms with Gasteiger partial charge in [0.1, 0.15) is 0 Å². The Kier molecular flexibility index (Phi) is 6.80. The van der Waals surface area contributed by atoms with Crippen molar-refractivity contribution < 1.29 is 19.1 Å².